The van der Waals surface area contributed by atoms with E-state index in [-0.39, 0.29) is 0 Å². The fourth-order valence-electron chi connectivity index (χ4n) is 3.41. The summed E-state index contributed by atoms with van der Waals surface area (Å²) >= 11 is 0. The third-order valence-corrected chi connectivity index (χ3v) is 4.91. The van der Waals surface area contributed by atoms with Crippen LogP contribution in [0.4, 0.5) is 0 Å². The molecule has 2 aromatic carbocycles. The Morgan fingerprint density at radius 1 is 0.957 bits per heavy atom. The van der Waals surface area contributed by atoms with E-state index in [0.29, 0.717) is 6.04 Å². The molecular weight excluding hydrogens is 278 g/mol. The molecule has 1 heteroatoms. The molecule has 1 heterocycles. The number of hydrogen-bond donors (Lipinski definition) is 0. The highest BCUT2D eigenvalue weighted by Crippen LogP contribution is 2.19. The molecular formula is C22H27N. The molecule has 0 spiro atoms. The van der Waals surface area contributed by atoms with Crippen molar-refractivity contribution >= 4 is 6.08 Å². The first kappa shape index (κ1) is 16.0. The minimum Gasteiger partial charge on any atom is -0.300 e. The summed E-state index contributed by atoms with van der Waals surface area (Å²) in [5.41, 5.74) is 4.24. The number of likely N-dealkylation sites (N-methyl/N-ethyl adjacent to an activating group) is 1. The third-order valence-electron chi connectivity index (χ3n) is 4.91. The summed E-state index contributed by atoms with van der Waals surface area (Å²) in [6.07, 6.45) is 10.9. The van der Waals surface area contributed by atoms with E-state index in [9.17, 15) is 0 Å². The highest BCUT2D eigenvalue weighted by atomic mass is 15.1. The maximum absolute atomic E-state index is 2.48. The van der Waals surface area contributed by atoms with E-state index >= 15 is 0 Å². The van der Waals surface area contributed by atoms with Gasteiger partial charge in [0.1, 0.15) is 0 Å². The van der Waals surface area contributed by atoms with Gasteiger partial charge in [-0.25, -0.2) is 0 Å². The summed E-state index contributed by atoms with van der Waals surface area (Å²) in [7, 11) is 2.25. The van der Waals surface area contributed by atoms with Crippen molar-refractivity contribution in [2.45, 2.75) is 38.1 Å². The zero-order chi connectivity index (χ0) is 15.9. The second-order valence-electron chi connectivity index (χ2n) is 6.59. The van der Waals surface area contributed by atoms with Gasteiger partial charge in [0.25, 0.3) is 0 Å². The second kappa shape index (κ2) is 8.12. The van der Waals surface area contributed by atoms with E-state index < -0.39 is 0 Å². The fourth-order valence-corrected chi connectivity index (χ4v) is 3.41. The summed E-state index contributed by atoms with van der Waals surface area (Å²) < 4.78 is 0. The molecule has 1 saturated heterocycles. The minimum atomic E-state index is 0.603. The van der Waals surface area contributed by atoms with Gasteiger partial charge in [-0.3, -0.25) is 4.90 Å². The second-order valence-corrected chi connectivity index (χ2v) is 6.59. The van der Waals surface area contributed by atoms with Crippen LogP contribution in [0.3, 0.4) is 0 Å². The topological polar surface area (TPSA) is 3.24 Å². The number of likely N-dealkylation sites (tertiary alicyclic amines) is 1. The molecule has 23 heavy (non-hydrogen) atoms. The number of hydrogen-bond acceptors (Lipinski definition) is 1. The van der Waals surface area contributed by atoms with Gasteiger partial charge >= 0.3 is 0 Å². The van der Waals surface area contributed by atoms with Gasteiger partial charge in [0.05, 0.1) is 0 Å². The van der Waals surface area contributed by atoms with Crippen molar-refractivity contribution in [2.24, 2.45) is 0 Å². The van der Waals surface area contributed by atoms with Crippen LogP contribution in [-0.2, 0) is 12.8 Å². The van der Waals surface area contributed by atoms with Gasteiger partial charge in [-0.05, 0) is 56.0 Å². The minimum absolute atomic E-state index is 0.603. The predicted molar refractivity (Wildman–Crippen MR) is 99.6 cm³/mol. The number of aryl methyl sites for hydroxylation is 2. The molecule has 0 saturated carbocycles. The molecule has 3 rings (SSSR count). The van der Waals surface area contributed by atoms with Crippen molar-refractivity contribution in [1.82, 2.24) is 4.90 Å². The van der Waals surface area contributed by atoms with E-state index in [2.05, 4.69) is 78.7 Å². The van der Waals surface area contributed by atoms with Crippen molar-refractivity contribution < 1.29 is 0 Å². The van der Waals surface area contributed by atoms with Crippen LogP contribution in [-0.4, -0.2) is 24.5 Å². The molecule has 0 N–H and O–H groups in total. The van der Waals surface area contributed by atoms with Gasteiger partial charge in [-0.2, -0.15) is 0 Å². The van der Waals surface area contributed by atoms with Gasteiger partial charge in [0, 0.05) is 6.04 Å². The van der Waals surface area contributed by atoms with Crippen LogP contribution >= 0.6 is 0 Å². The zero-order valence-corrected chi connectivity index (χ0v) is 14.1. The summed E-state index contributed by atoms with van der Waals surface area (Å²) in [6.45, 7) is 1.23. The van der Waals surface area contributed by atoms with Crippen LogP contribution in [0.1, 0.15) is 36.0 Å². The number of nitrogens with zero attached hydrogens (tertiary/aromatic N) is 1. The predicted octanol–water partition coefficient (Wildman–Crippen LogP) is 4.97. The molecule has 1 aliphatic heterocycles. The number of piperidine rings is 1. The standard InChI is InChI=1S/C22H27N/c1-23-18-8-7-13-22(23)17-16-21-12-6-5-11-20(21)15-14-19-9-3-2-4-10-19/h2-6,9-12,16-17,22H,7-8,13-15,18H2,1H3/t22-/m1/s1. The molecule has 1 atom stereocenters. The van der Waals surface area contributed by atoms with Crippen LogP contribution in [0.5, 0.6) is 0 Å². The number of rotatable bonds is 5. The van der Waals surface area contributed by atoms with Crippen molar-refractivity contribution in [2.75, 3.05) is 13.6 Å². The van der Waals surface area contributed by atoms with Crippen molar-refractivity contribution in [3.05, 3.63) is 77.4 Å². The van der Waals surface area contributed by atoms with Gasteiger partial charge in [-0.1, -0.05) is 73.2 Å². The summed E-state index contributed by atoms with van der Waals surface area (Å²) in [5, 5.41) is 0. The van der Waals surface area contributed by atoms with E-state index in [0.717, 1.165) is 12.8 Å². The maximum Gasteiger partial charge on any atom is 0.0278 e. The lowest BCUT2D eigenvalue weighted by atomic mass is 9.97. The normalized spacial score (nSPS) is 19.3. The van der Waals surface area contributed by atoms with E-state index in [1.54, 1.807) is 0 Å². The highest BCUT2D eigenvalue weighted by Gasteiger charge is 2.15. The molecule has 0 aromatic heterocycles. The first-order valence-electron chi connectivity index (χ1n) is 8.83. The molecule has 0 bridgehead atoms. The van der Waals surface area contributed by atoms with Gasteiger partial charge in [-0.15, -0.1) is 0 Å². The molecule has 0 aliphatic carbocycles. The summed E-state index contributed by atoms with van der Waals surface area (Å²) in [5.74, 6) is 0. The van der Waals surface area contributed by atoms with Crippen LogP contribution in [0, 0.1) is 0 Å². The van der Waals surface area contributed by atoms with Crippen molar-refractivity contribution in [1.29, 1.82) is 0 Å². The summed E-state index contributed by atoms with van der Waals surface area (Å²) in [6, 6.07) is 20.2. The summed E-state index contributed by atoms with van der Waals surface area (Å²) in [4.78, 5) is 2.48. The Labute approximate surface area is 140 Å². The molecule has 0 amide bonds. The van der Waals surface area contributed by atoms with Crippen LogP contribution in [0.2, 0.25) is 0 Å². The lowest BCUT2D eigenvalue weighted by Crippen LogP contribution is -2.34. The average Bonchev–Trinajstić information content (AvgIpc) is 2.61. The Hall–Kier alpha value is -1.86. The van der Waals surface area contributed by atoms with Crippen LogP contribution in [0.15, 0.2) is 60.7 Å². The Kier molecular flexibility index (Phi) is 5.65. The van der Waals surface area contributed by atoms with Crippen molar-refractivity contribution in [3.63, 3.8) is 0 Å². The molecule has 120 valence electrons. The SMILES string of the molecule is CN1CCCC[C@@H]1C=Cc1ccccc1CCc1ccccc1. The van der Waals surface area contributed by atoms with Crippen LogP contribution in [0.25, 0.3) is 6.08 Å². The molecule has 1 nitrogen and oxygen atoms in total. The molecule has 0 unspecified atom stereocenters. The Morgan fingerprint density at radius 3 is 2.57 bits per heavy atom. The lowest BCUT2D eigenvalue weighted by Gasteiger charge is -2.30. The molecule has 2 aromatic rings. The van der Waals surface area contributed by atoms with Crippen molar-refractivity contribution in [3.8, 4) is 0 Å². The van der Waals surface area contributed by atoms with Gasteiger partial charge in [0.2, 0.25) is 0 Å². The quantitative estimate of drug-likeness (QED) is 0.754. The first-order chi connectivity index (χ1) is 11.3. The molecule has 0 radical (unpaired) electrons. The van der Waals surface area contributed by atoms with E-state index in [4.69, 9.17) is 0 Å². The first-order valence-corrected chi connectivity index (χ1v) is 8.83. The highest BCUT2D eigenvalue weighted by molar-refractivity contribution is 5.54. The largest absolute Gasteiger partial charge is 0.300 e. The van der Waals surface area contributed by atoms with Crippen LogP contribution < -0.4 is 0 Å². The number of benzene rings is 2. The monoisotopic (exact) mass is 305 g/mol. The Balaban J connectivity index is 1.67. The zero-order valence-electron chi connectivity index (χ0n) is 14.1. The Morgan fingerprint density at radius 2 is 1.74 bits per heavy atom. The van der Waals surface area contributed by atoms with E-state index in [1.165, 1.54) is 42.5 Å². The lowest BCUT2D eigenvalue weighted by molar-refractivity contribution is 0.222. The average molecular weight is 305 g/mol. The van der Waals surface area contributed by atoms with Gasteiger partial charge < -0.3 is 0 Å². The smallest absolute Gasteiger partial charge is 0.0278 e. The third kappa shape index (κ3) is 4.56. The molecule has 1 fully saturated rings. The van der Waals surface area contributed by atoms with Gasteiger partial charge in [0.15, 0.2) is 0 Å². The Bertz CT molecular complexity index is 629. The molecule has 1 aliphatic rings. The fraction of sp³-hybridized carbons (Fsp3) is 0.364. The van der Waals surface area contributed by atoms with E-state index in [1.807, 2.05) is 0 Å². The maximum atomic E-state index is 2.48.